The topological polar surface area (TPSA) is 78.4 Å². The lowest BCUT2D eigenvalue weighted by Crippen LogP contribution is -2.38. The van der Waals surface area contributed by atoms with Crippen molar-refractivity contribution in [3.05, 3.63) is 35.4 Å². The number of aliphatic hydroxyl groups excluding tert-OH is 1. The van der Waals surface area contributed by atoms with Gasteiger partial charge in [-0.3, -0.25) is 9.59 Å². The highest BCUT2D eigenvalue weighted by atomic mass is 16.2. The zero-order chi connectivity index (χ0) is 15.1. The number of hydrogen-bond acceptors (Lipinski definition) is 3. The van der Waals surface area contributed by atoms with E-state index in [1.807, 2.05) is 0 Å². The van der Waals surface area contributed by atoms with Crippen molar-refractivity contribution in [1.29, 1.82) is 0 Å². The second kappa shape index (κ2) is 7.46. The molecule has 0 saturated carbocycles. The summed E-state index contributed by atoms with van der Waals surface area (Å²) in [5, 5.41) is 14.3. The minimum Gasteiger partial charge on any atom is -0.395 e. The van der Waals surface area contributed by atoms with E-state index in [0.717, 1.165) is 12.0 Å². The van der Waals surface area contributed by atoms with E-state index in [1.165, 1.54) is 0 Å². The molecule has 1 aromatic rings. The Morgan fingerprint density at radius 3 is 2.76 bits per heavy atom. The molecule has 1 aromatic carbocycles. The fourth-order valence-electron chi connectivity index (χ4n) is 2.07. The summed E-state index contributed by atoms with van der Waals surface area (Å²) >= 11 is 0. The average Bonchev–Trinajstić information content (AvgIpc) is 2.91. The molecule has 1 atom stereocenters. The van der Waals surface area contributed by atoms with Crippen LogP contribution in [0.2, 0.25) is 0 Å². The smallest absolute Gasteiger partial charge is 0.251 e. The van der Waals surface area contributed by atoms with Crippen LogP contribution in [0.25, 0.3) is 0 Å². The van der Waals surface area contributed by atoms with Crippen molar-refractivity contribution in [2.75, 3.05) is 13.2 Å². The van der Waals surface area contributed by atoms with Crippen molar-refractivity contribution in [2.24, 2.45) is 0 Å². The Labute approximate surface area is 123 Å². The summed E-state index contributed by atoms with van der Waals surface area (Å²) in [4.78, 5) is 23.0. The van der Waals surface area contributed by atoms with Crippen LogP contribution in [0.3, 0.4) is 0 Å². The maximum absolute atomic E-state index is 12.0. The van der Waals surface area contributed by atoms with Gasteiger partial charge in [0.2, 0.25) is 5.91 Å². The van der Waals surface area contributed by atoms with E-state index in [9.17, 15) is 9.59 Å². The van der Waals surface area contributed by atoms with Crippen LogP contribution >= 0.6 is 0 Å². The molecule has 1 saturated heterocycles. The van der Waals surface area contributed by atoms with Crippen LogP contribution in [0.15, 0.2) is 24.3 Å². The molecule has 2 rings (SSSR count). The summed E-state index contributed by atoms with van der Waals surface area (Å²) in [7, 11) is 0. The quantitative estimate of drug-likeness (QED) is 0.702. The number of hydrogen-bond donors (Lipinski definition) is 3. The molecule has 3 N–H and O–H groups in total. The van der Waals surface area contributed by atoms with Gasteiger partial charge >= 0.3 is 0 Å². The molecule has 5 heteroatoms. The first-order valence-electron chi connectivity index (χ1n) is 6.96. The van der Waals surface area contributed by atoms with E-state index < -0.39 is 0 Å². The number of nitrogens with one attached hydrogen (secondary N) is 2. The third kappa shape index (κ3) is 4.62. The zero-order valence-electron chi connectivity index (χ0n) is 11.7. The maximum Gasteiger partial charge on any atom is 0.251 e. The largest absolute Gasteiger partial charge is 0.395 e. The van der Waals surface area contributed by atoms with E-state index in [0.29, 0.717) is 24.9 Å². The molecule has 0 aromatic heterocycles. The lowest BCUT2D eigenvalue weighted by atomic mass is 10.1. The fraction of sp³-hybridized carbons (Fsp3) is 0.375. The highest BCUT2D eigenvalue weighted by Gasteiger charge is 2.20. The van der Waals surface area contributed by atoms with Crippen LogP contribution in [-0.2, 0) is 4.79 Å². The summed E-state index contributed by atoms with van der Waals surface area (Å²) in [6.45, 7) is 0.494. The Morgan fingerprint density at radius 2 is 2.14 bits per heavy atom. The zero-order valence-corrected chi connectivity index (χ0v) is 11.7. The van der Waals surface area contributed by atoms with Gasteiger partial charge in [-0.05, 0) is 30.7 Å². The van der Waals surface area contributed by atoms with Crippen molar-refractivity contribution in [3.63, 3.8) is 0 Å². The molecule has 1 heterocycles. The van der Waals surface area contributed by atoms with Crippen molar-refractivity contribution in [2.45, 2.75) is 25.3 Å². The van der Waals surface area contributed by atoms with Gasteiger partial charge in [-0.25, -0.2) is 0 Å². The molecular weight excluding hydrogens is 268 g/mol. The van der Waals surface area contributed by atoms with Gasteiger partial charge in [-0.2, -0.15) is 0 Å². The van der Waals surface area contributed by atoms with Crippen LogP contribution in [0, 0.1) is 11.8 Å². The highest BCUT2D eigenvalue weighted by molar-refractivity contribution is 5.94. The normalized spacial score (nSPS) is 16.8. The van der Waals surface area contributed by atoms with Crippen LogP contribution < -0.4 is 10.6 Å². The van der Waals surface area contributed by atoms with Gasteiger partial charge in [0.1, 0.15) is 0 Å². The summed E-state index contributed by atoms with van der Waals surface area (Å²) in [5.74, 6) is 5.61. The number of rotatable bonds is 4. The predicted octanol–water partition coefficient (Wildman–Crippen LogP) is 0.429. The van der Waals surface area contributed by atoms with Crippen LogP contribution in [0.4, 0.5) is 0 Å². The Hall–Kier alpha value is -2.32. The minimum atomic E-state index is -0.161. The molecular formula is C16H18N2O3. The van der Waals surface area contributed by atoms with Gasteiger partial charge in [0.15, 0.2) is 0 Å². The molecule has 110 valence electrons. The van der Waals surface area contributed by atoms with Gasteiger partial charge < -0.3 is 15.7 Å². The van der Waals surface area contributed by atoms with Crippen LogP contribution in [-0.4, -0.2) is 36.1 Å². The maximum atomic E-state index is 12.0. The molecule has 1 aliphatic rings. The SMILES string of the molecule is O=C1CCC(CNC(=O)c2ccc(C#CCCO)cc2)N1. The van der Waals surface area contributed by atoms with Crippen molar-refractivity contribution in [1.82, 2.24) is 10.6 Å². The van der Waals surface area contributed by atoms with E-state index in [2.05, 4.69) is 22.5 Å². The van der Waals surface area contributed by atoms with Crippen LogP contribution in [0.5, 0.6) is 0 Å². The van der Waals surface area contributed by atoms with E-state index >= 15 is 0 Å². The summed E-state index contributed by atoms with van der Waals surface area (Å²) in [5.41, 5.74) is 1.37. The van der Waals surface area contributed by atoms with Gasteiger partial charge in [0.05, 0.1) is 6.61 Å². The number of aliphatic hydroxyl groups is 1. The van der Waals surface area contributed by atoms with E-state index in [4.69, 9.17) is 5.11 Å². The Morgan fingerprint density at radius 1 is 1.38 bits per heavy atom. The highest BCUT2D eigenvalue weighted by Crippen LogP contribution is 2.06. The van der Waals surface area contributed by atoms with Crippen molar-refractivity contribution in [3.8, 4) is 11.8 Å². The molecule has 0 radical (unpaired) electrons. The van der Waals surface area contributed by atoms with Gasteiger partial charge in [-0.1, -0.05) is 11.8 Å². The third-order valence-corrected chi connectivity index (χ3v) is 3.21. The van der Waals surface area contributed by atoms with Gasteiger partial charge in [0, 0.05) is 36.6 Å². The summed E-state index contributed by atoms with van der Waals surface area (Å²) in [6.07, 6.45) is 1.73. The second-order valence-corrected chi connectivity index (χ2v) is 4.87. The van der Waals surface area contributed by atoms with Crippen LogP contribution in [0.1, 0.15) is 35.2 Å². The molecule has 0 bridgehead atoms. The monoisotopic (exact) mass is 286 g/mol. The predicted molar refractivity (Wildman–Crippen MR) is 78.5 cm³/mol. The Bertz CT molecular complexity index is 569. The third-order valence-electron chi connectivity index (χ3n) is 3.21. The Kier molecular flexibility index (Phi) is 5.35. The number of carbonyl (C=O) groups excluding carboxylic acids is 2. The van der Waals surface area contributed by atoms with Crippen molar-refractivity contribution < 1.29 is 14.7 Å². The lowest BCUT2D eigenvalue weighted by Gasteiger charge is -2.11. The Balaban J connectivity index is 1.85. The molecule has 0 spiro atoms. The molecule has 2 amide bonds. The average molecular weight is 286 g/mol. The molecule has 21 heavy (non-hydrogen) atoms. The lowest BCUT2D eigenvalue weighted by molar-refractivity contribution is -0.119. The number of benzene rings is 1. The summed E-state index contributed by atoms with van der Waals surface area (Å²) < 4.78 is 0. The van der Waals surface area contributed by atoms with Gasteiger partial charge in [-0.15, -0.1) is 0 Å². The van der Waals surface area contributed by atoms with Gasteiger partial charge in [0.25, 0.3) is 5.91 Å². The first kappa shape index (κ1) is 15.1. The van der Waals surface area contributed by atoms with E-state index in [-0.39, 0.29) is 24.5 Å². The fourth-order valence-corrected chi connectivity index (χ4v) is 2.07. The van der Waals surface area contributed by atoms with E-state index in [1.54, 1.807) is 24.3 Å². The molecule has 5 nitrogen and oxygen atoms in total. The number of amides is 2. The second-order valence-electron chi connectivity index (χ2n) is 4.87. The molecule has 1 aliphatic heterocycles. The first-order valence-corrected chi connectivity index (χ1v) is 6.96. The molecule has 1 unspecified atom stereocenters. The van der Waals surface area contributed by atoms with Crippen molar-refractivity contribution >= 4 is 11.8 Å². The summed E-state index contributed by atoms with van der Waals surface area (Å²) in [6, 6.07) is 7.01. The minimum absolute atomic E-state index is 0.0325. The first-order chi connectivity index (χ1) is 10.2. The number of carbonyl (C=O) groups is 2. The molecule has 1 fully saturated rings. The standard InChI is InChI=1S/C16H18N2O3/c19-10-2-1-3-12-4-6-13(7-5-12)16(21)17-11-14-8-9-15(20)18-14/h4-7,14,19H,2,8-11H2,(H,17,21)(H,18,20). The molecule has 0 aliphatic carbocycles.